The van der Waals surface area contributed by atoms with Crippen molar-refractivity contribution in [2.24, 2.45) is 0 Å². The molecule has 0 spiro atoms. The van der Waals surface area contributed by atoms with Crippen LogP contribution in [0.15, 0.2) is 67.0 Å². The number of ether oxygens (including phenoxy) is 1. The Kier molecular flexibility index (Phi) is 8.21. The summed E-state index contributed by atoms with van der Waals surface area (Å²) in [5.74, 6) is 2.07. The summed E-state index contributed by atoms with van der Waals surface area (Å²) >= 11 is 0. The Balaban J connectivity index is 1.48. The lowest BCUT2D eigenvalue weighted by atomic mass is 10.1. The number of aliphatic hydroxyl groups excluding tert-OH is 1. The molecule has 0 unspecified atom stereocenters. The summed E-state index contributed by atoms with van der Waals surface area (Å²) in [6.07, 6.45) is 3.91. The first kappa shape index (κ1) is 28.1. The summed E-state index contributed by atoms with van der Waals surface area (Å²) < 4.78 is 7.67. The van der Waals surface area contributed by atoms with Crippen molar-refractivity contribution in [1.29, 1.82) is 0 Å². The minimum atomic E-state index is -0.590. The van der Waals surface area contributed by atoms with Gasteiger partial charge in [-0.15, -0.1) is 0 Å². The Morgan fingerprint density at radius 2 is 1.85 bits per heavy atom. The van der Waals surface area contributed by atoms with Gasteiger partial charge in [0.2, 0.25) is 5.95 Å². The molecule has 0 saturated carbocycles. The van der Waals surface area contributed by atoms with E-state index in [1.807, 2.05) is 98.0 Å². The lowest BCUT2D eigenvalue weighted by Gasteiger charge is -2.34. The van der Waals surface area contributed by atoms with Crippen LogP contribution in [-0.2, 0) is 24.2 Å². The van der Waals surface area contributed by atoms with Crippen LogP contribution in [-0.4, -0.2) is 60.9 Å². The van der Waals surface area contributed by atoms with Gasteiger partial charge in [-0.25, -0.2) is 14.8 Å². The van der Waals surface area contributed by atoms with Crippen molar-refractivity contribution in [3.05, 3.63) is 89.6 Å². The number of hydrogen-bond donors (Lipinski definition) is 2. The number of nitrogens with one attached hydrogen (secondary N) is 1. The molecule has 0 fully saturated rings. The summed E-state index contributed by atoms with van der Waals surface area (Å²) in [5, 5.41) is 13.4. The van der Waals surface area contributed by atoms with Gasteiger partial charge in [-0.2, -0.15) is 4.98 Å². The molecule has 0 radical (unpaired) electrons. The number of aryl methyl sites for hydroxylation is 1. The van der Waals surface area contributed by atoms with Gasteiger partial charge >= 0.3 is 6.09 Å². The van der Waals surface area contributed by atoms with Crippen molar-refractivity contribution in [1.82, 2.24) is 24.4 Å². The molecule has 0 aliphatic carbocycles. The minimum Gasteiger partial charge on any atom is -0.444 e. The van der Waals surface area contributed by atoms with Crippen LogP contribution in [0.5, 0.6) is 0 Å². The molecule has 1 aliphatic rings. The van der Waals surface area contributed by atoms with E-state index in [1.165, 1.54) is 0 Å². The van der Waals surface area contributed by atoms with Gasteiger partial charge in [0.1, 0.15) is 17.2 Å². The van der Waals surface area contributed by atoms with E-state index in [1.54, 1.807) is 11.1 Å². The Labute approximate surface area is 240 Å². The molecule has 3 heterocycles. The number of carbonyl (C=O) groups excluding carboxylic acids is 1. The number of benzene rings is 2. The first-order chi connectivity index (χ1) is 19.7. The molecule has 214 valence electrons. The second-order valence-corrected chi connectivity index (χ2v) is 11.1. The average Bonchev–Trinajstić information content (AvgIpc) is 3.38. The maximum absolute atomic E-state index is 13.0. The molecule has 2 N–H and O–H groups in total. The van der Waals surface area contributed by atoms with Gasteiger partial charge < -0.3 is 29.5 Å². The van der Waals surface area contributed by atoms with Crippen molar-refractivity contribution in [3.63, 3.8) is 0 Å². The largest absolute Gasteiger partial charge is 0.444 e. The predicted molar refractivity (Wildman–Crippen MR) is 159 cm³/mol. The minimum absolute atomic E-state index is 0.0424. The normalized spacial score (nSPS) is 13.0. The molecule has 0 bridgehead atoms. The van der Waals surface area contributed by atoms with Crippen LogP contribution in [0.4, 0.5) is 22.2 Å². The van der Waals surface area contributed by atoms with Crippen molar-refractivity contribution in [3.8, 4) is 5.69 Å². The number of aliphatic hydroxyl groups is 1. The Morgan fingerprint density at radius 3 is 2.51 bits per heavy atom. The Morgan fingerprint density at radius 1 is 1.10 bits per heavy atom. The SMILES string of the molecule is Cc1nccn1-c1ccc(Nc2nc3c(c(N(CCO)Cc4ccccc4)n2)CN(C(=O)OC(C)(C)C)CC3)cc1. The molecule has 41 heavy (non-hydrogen) atoms. The van der Waals surface area contributed by atoms with E-state index in [2.05, 4.69) is 10.3 Å². The quantitative estimate of drug-likeness (QED) is 0.313. The first-order valence-electron chi connectivity index (χ1n) is 13.8. The average molecular weight is 556 g/mol. The van der Waals surface area contributed by atoms with Crippen LogP contribution in [0.25, 0.3) is 5.69 Å². The van der Waals surface area contributed by atoms with Gasteiger partial charge in [-0.3, -0.25) is 0 Å². The highest BCUT2D eigenvalue weighted by Crippen LogP contribution is 2.31. The van der Waals surface area contributed by atoms with Gasteiger partial charge in [0, 0.05) is 55.4 Å². The lowest BCUT2D eigenvalue weighted by molar-refractivity contribution is 0.0223. The van der Waals surface area contributed by atoms with Gasteiger partial charge in [0.25, 0.3) is 0 Å². The molecule has 5 rings (SSSR count). The number of fused-ring (bicyclic) bond motifs is 1. The van der Waals surface area contributed by atoms with Crippen LogP contribution < -0.4 is 10.2 Å². The molecule has 0 saturated heterocycles. The fraction of sp³-hybridized carbons (Fsp3) is 0.355. The van der Waals surface area contributed by atoms with Gasteiger partial charge in [0.05, 0.1) is 18.8 Å². The van der Waals surface area contributed by atoms with Crippen LogP contribution in [0.1, 0.15) is 43.4 Å². The highest BCUT2D eigenvalue weighted by atomic mass is 16.6. The third-order valence-electron chi connectivity index (χ3n) is 6.80. The molecule has 2 aromatic heterocycles. The fourth-order valence-corrected chi connectivity index (χ4v) is 4.87. The topological polar surface area (TPSA) is 109 Å². The molecule has 1 amide bonds. The van der Waals surface area contributed by atoms with Crippen LogP contribution >= 0.6 is 0 Å². The van der Waals surface area contributed by atoms with E-state index in [9.17, 15) is 9.90 Å². The summed E-state index contributed by atoms with van der Waals surface area (Å²) in [6, 6.07) is 18.1. The fourth-order valence-electron chi connectivity index (χ4n) is 4.87. The Hall–Kier alpha value is -4.44. The van der Waals surface area contributed by atoms with Crippen LogP contribution in [0.2, 0.25) is 0 Å². The molecule has 0 atom stereocenters. The second-order valence-electron chi connectivity index (χ2n) is 11.1. The van der Waals surface area contributed by atoms with Gasteiger partial charge in [-0.1, -0.05) is 30.3 Å². The molecule has 1 aliphatic heterocycles. The summed E-state index contributed by atoms with van der Waals surface area (Å²) in [6.45, 7) is 9.26. The smallest absolute Gasteiger partial charge is 0.410 e. The molecule has 10 nitrogen and oxygen atoms in total. The number of imidazole rings is 1. The highest BCUT2D eigenvalue weighted by molar-refractivity contribution is 5.70. The van der Waals surface area contributed by atoms with Crippen molar-refractivity contribution in [2.45, 2.75) is 52.8 Å². The predicted octanol–water partition coefficient (Wildman–Crippen LogP) is 5.01. The van der Waals surface area contributed by atoms with Gasteiger partial charge in [-0.05, 0) is 57.5 Å². The summed E-state index contributed by atoms with van der Waals surface area (Å²) in [5.41, 5.74) is 4.10. The zero-order valence-corrected chi connectivity index (χ0v) is 24.0. The number of amides is 1. The van der Waals surface area contributed by atoms with E-state index in [0.29, 0.717) is 44.4 Å². The van der Waals surface area contributed by atoms with Crippen LogP contribution in [0.3, 0.4) is 0 Å². The van der Waals surface area contributed by atoms with E-state index in [4.69, 9.17) is 14.7 Å². The standard InChI is InChI=1S/C31H37N7O3/c1-22-32-15-17-38(22)25-12-10-24(11-13-25)33-29-34-27-14-16-37(30(40)41-31(2,3)4)21-26(27)28(35-29)36(18-19-39)20-23-8-6-5-7-9-23/h5-13,15,17,39H,14,16,18-21H2,1-4H3,(H,33,34,35). The highest BCUT2D eigenvalue weighted by Gasteiger charge is 2.30. The third-order valence-corrected chi connectivity index (χ3v) is 6.80. The lowest BCUT2D eigenvalue weighted by Crippen LogP contribution is -2.41. The van der Waals surface area contributed by atoms with E-state index in [0.717, 1.165) is 34.0 Å². The number of carbonyl (C=O) groups is 1. The van der Waals surface area contributed by atoms with E-state index >= 15 is 0 Å². The van der Waals surface area contributed by atoms with Crippen molar-refractivity contribution < 1.29 is 14.6 Å². The summed E-state index contributed by atoms with van der Waals surface area (Å²) in [7, 11) is 0. The number of anilines is 3. The second kappa shape index (κ2) is 12.0. The molecule has 10 heteroatoms. The monoisotopic (exact) mass is 555 g/mol. The third kappa shape index (κ3) is 6.83. The van der Waals surface area contributed by atoms with E-state index < -0.39 is 5.60 Å². The molecule has 2 aromatic carbocycles. The number of nitrogens with zero attached hydrogens (tertiary/aromatic N) is 6. The molecular formula is C31H37N7O3. The maximum atomic E-state index is 13.0. The Bertz CT molecular complexity index is 1480. The number of rotatable bonds is 8. The maximum Gasteiger partial charge on any atom is 0.410 e. The summed E-state index contributed by atoms with van der Waals surface area (Å²) in [4.78, 5) is 30.8. The zero-order chi connectivity index (χ0) is 29.0. The van der Waals surface area contributed by atoms with Crippen molar-refractivity contribution >= 4 is 23.5 Å². The molecule has 4 aromatic rings. The number of hydrogen-bond acceptors (Lipinski definition) is 8. The van der Waals surface area contributed by atoms with Crippen LogP contribution in [0, 0.1) is 6.92 Å². The first-order valence-corrected chi connectivity index (χ1v) is 13.8. The van der Waals surface area contributed by atoms with Gasteiger partial charge in [0.15, 0.2) is 0 Å². The van der Waals surface area contributed by atoms with Crippen molar-refractivity contribution in [2.75, 3.05) is 29.9 Å². The zero-order valence-electron chi connectivity index (χ0n) is 24.0. The van der Waals surface area contributed by atoms with E-state index in [-0.39, 0.29) is 12.7 Å². The number of aromatic nitrogens is 4. The molecular weight excluding hydrogens is 518 g/mol.